The van der Waals surface area contributed by atoms with Gasteiger partial charge in [0.05, 0.1) is 12.0 Å². The molecule has 0 aliphatic carbocycles. The topological polar surface area (TPSA) is 56.4 Å². The zero-order valence-corrected chi connectivity index (χ0v) is 16.1. The standard InChI is InChI=1S/C21H27N3O2/c1-14-11-15(2)17(4)19(16(14)3)12-20(25)23-7-9-24(10-8-23)21(26)18-5-6-22-13-18/h5-6,11,13,22H,7-10,12H2,1-4H3. The second kappa shape index (κ2) is 7.36. The van der Waals surface area contributed by atoms with Crippen LogP contribution in [0.2, 0.25) is 0 Å². The molecule has 1 aromatic heterocycles. The second-order valence-corrected chi connectivity index (χ2v) is 7.19. The maximum Gasteiger partial charge on any atom is 0.255 e. The molecule has 1 N–H and O–H groups in total. The Hall–Kier alpha value is -2.56. The molecule has 1 saturated heterocycles. The third-order valence-corrected chi connectivity index (χ3v) is 5.61. The Morgan fingerprint density at radius 1 is 0.962 bits per heavy atom. The number of carbonyl (C=O) groups excluding carboxylic acids is 2. The van der Waals surface area contributed by atoms with Gasteiger partial charge in [-0.25, -0.2) is 0 Å². The van der Waals surface area contributed by atoms with E-state index in [4.69, 9.17) is 0 Å². The summed E-state index contributed by atoms with van der Waals surface area (Å²) in [6.07, 6.45) is 3.90. The number of aromatic amines is 1. The molecule has 2 amide bonds. The van der Waals surface area contributed by atoms with Gasteiger partial charge in [-0.1, -0.05) is 6.07 Å². The van der Waals surface area contributed by atoms with Crippen molar-refractivity contribution in [1.82, 2.24) is 14.8 Å². The molecular formula is C21H27N3O2. The van der Waals surface area contributed by atoms with Crippen molar-refractivity contribution in [1.29, 1.82) is 0 Å². The van der Waals surface area contributed by atoms with Gasteiger partial charge < -0.3 is 14.8 Å². The van der Waals surface area contributed by atoms with Gasteiger partial charge in [-0.3, -0.25) is 9.59 Å². The van der Waals surface area contributed by atoms with Gasteiger partial charge in [0.1, 0.15) is 0 Å². The first kappa shape index (κ1) is 18.2. The van der Waals surface area contributed by atoms with Gasteiger partial charge in [0.2, 0.25) is 5.91 Å². The highest BCUT2D eigenvalue weighted by atomic mass is 16.2. The summed E-state index contributed by atoms with van der Waals surface area (Å²) in [6.45, 7) is 10.7. The maximum atomic E-state index is 12.8. The lowest BCUT2D eigenvalue weighted by Gasteiger charge is -2.35. The van der Waals surface area contributed by atoms with Crippen LogP contribution in [0.4, 0.5) is 0 Å². The highest BCUT2D eigenvalue weighted by Gasteiger charge is 2.25. The molecule has 1 aliphatic rings. The van der Waals surface area contributed by atoms with Gasteiger partial charge in [-0.05, 0) is 61.6 Å². The van der Waals surface area contributed by atoms with E-state index in [-0.39, 0.29) is 11.8 Å². The largest absolute Gasteiger partial charge is 0.367 e. The molecule has 138 valence electrons. The summed E-state index contributed by atoms with van der Waals surface area (Å²) in [5, 5.41) is 0. The summed E-state index contributed by atoms with van der Waals surface area (Å²) >= 11 is 0. The molecule has 2 aromatic rings. The van der Waals surface area contributed by atoms with Gasteiger partial charge >= 0.3 is 0 Å². The average molecular weight is 353 g/mol. The average Bonchev–Trinajstić information content (AvgIpc) is 3.17. The summed E-state index contributed by atoms with van der Waals surface area (Å²) in [7, 11) is 0. The lowest BCUT2D eigenvalue weighted by molar-refractivity contribution is -0.131. The molecule has 5 heteroatoms. The Kier molecular flexibility index (Phi) is 5.16. The van der Waals surface area contributed by atoms with Gasteiger partial charge in [-0.2, -0.15) is 0 Å². The van der Waals surface area contributed by atoms with Crippen molar-refractivity contribution < 1.29 is 9.59 Å². The normalized spacial score (nSPS) is 14.6. The Morgan fingerprint density at radius 2 is 1.54 bits per heavy atom. The molecule has 0 spiro atoms. The van der Waals surface area contributed by atoms with E-state index in [1.165, 1.54) is 22.3 Å². The van der Waals surface area contributed by atoms with E-state index in [0.29, 0.717) is 38.2 Å². The van der Waals surface area contributed by atoms with Gasteiger partial charge in [-0.15, -0.1) is 0 Å². The number of aryl methyl sites for hydroxylation is 2. The number of rotatable bonds is 3. The van der Waals surface area contributed by atoms with Crippen LogP contribution < -0.4 is 0 Å². The van der Waals surface area contributed by atoms with Crippen LogP contribution >= 0.6 is 0 Å². The number of nitrogens with one attached hydrogen (secondary N) is 1. The molecule has 1 fully saturated rings. The van der Waals surface area contributed by atoms with Crippen LogP contribution in [0.1, 0.15) is 38.2 Å². The third kappa shape index (κ3) is 3.52. The zero-order chi connectivity index (χ0) is 18.8. The Balaban J connectivity index is 1.64. The number of benzene rings is 1. The van der Waals surface area contributed by atoms with Gasteiger partial charge in [0.15, 0.2) is 0 Å². The van der Waals surface area contributed by atoms with Crippen LogP contribution in [0, 0.1) is 27.7 Å². The van der Waals surface area contributed by atoms with E-state index in [9.17, 15) is 9.59 Å². The van der Waals surface area contributed by atoms with Gasteiger partial charge in [0.25, 0.3) is 5.91 Å². The number of hydrogen-bond acceptors (Lipinski definition) is 2. The number of hydrogen-bond donors (Lipinski definition) is 1. The number of nitrogens with zero attached hydrogens (tertiary/aromatic N) is 2. The number of carbonyl (C=O) groups is 2. The van der Waals surface area contributed by atoms with Crippen LogP contribution in [0.15, 0.2) is 24.5 Å². The van der Waals surface area contributed by atoms with Crippen molar-refractivity contribution in [2.24, 2.45) is 0 Å². The van der Waals surface area contributed by atoms with E-state index >= 15 is 0 Å². The first-order valence-corrected chi connectivity index (χ1v) is 9.14. The summed E-state index contributed by atoms with van der Waals surface area (Å²) in [5.74, 6) is 0.175. The molecule has 1 aliphatic heterocycles. The smallest absolute Gasteiger partial charge is 0.255 e. The molecule has 0 radical (unpaired) electrons. The summed E-state index contributed by atoms with van der Waals surface area (Å²) in [4.78, 5) is 31.8. The molecule has 2 heterocycles. The minimum atomic E-state index is 0.0272. The molecule has 0 unspecified atom stereocenters. The Labute approximate surface area is 155 Å². The molecule has 0 atom stereocenters. The zero-order valence-electron chi connectivity index (χ0n) is 16.1. The summed E-state index contributed by atoms with van der Waals surface area (Å²) in [6, 6.07) is 3.97. The first-order chi connectivity index (χ1) is 12.4. The van der Waals surface area contributed by atoms with Crippen molar-refractivity contribution in [2.45, 2.75) is 34.1 Å². The van der Waals surface area contributed by atoms with Crippen molar-refractivity contribution in [3.8, 4) is 0 Å². The fourth-order valence-corrected chi connectivity index (χ4v) is 3.63. The fourth-order valence-electron chi connectivity index (χ4n) is 3.63. The summed E-state index contributed by atoms with van der Waals surface area (Å²) < 4.78 is 0. The molecule has 1 aromatic carbocycles. The van der Waals surface area contributed by atoms with Crippen LogP contribution in [0.5, 0.6) is 0 Å². The molecule has 26 heavy (non-hydrogen) atoms. The van der Waals surface area contributed by atoms with Crippen molar-refractivity contribution >= 4 is 11.8 Å². The molecule has 0 bridgehead atoms. The van der Waals surface area contributed by atoms with Gasteiger partial charge in [0, 0.05) is 38.6 Å². The van der Waals surface area contributed by atoms with Crippen molar-refractivity contribution in [2.75, 3.05) is 26.2 Å². The predicted molar refractivity (Wildman–Crippen MR) is 102 cm³/mol. The second-order valence-electron chi connectivity index (χ2n) is 7.19. The quantitative estimate of drug-likeness (QED) is 0.922. The van der Waals surface area contributed by atoms with E-state index in [1.807, 2.05) is 9.80 Å². The van der Waals surface area contributed by atoms with Crippen LogP contribution in [-0.2, 0) is 11.2 Å². The molecule has 0 saturated carbocycles. The maximum absolute atomic E-state index is 12.8. The molecular weight excluding hydrogens is 326 g/mol. The lowest BCUT2D eigenvalue weighted by atomic mass is 9.92. The number of amides is 2. The van der Waals surface area contributed by atoms with Crippen LogP contribution in [0.25, 0.3) is 0 Å². The first-order valence-electron chi connectivity index (χ1n) is 9.14. The van der Waals surface area contributed by atoms with E-state index in [0.717, 1.165) is 5.56 Å². The van der Waals surface area contributed by atoms with Crippen LogP contribution in [-0.4, -0.2) is 52.8 Å². The highest BCUT2D eigenvalue weighted by molar-refractivity contribution is 5.94. The Morgan fingerprint density at radius 3 is 2.08 bits per heavy atom. The monoisotopic (exact) mass is 353 g/mol. The number of piperazine rings is 1. The number of H-pyrrole nitrogens is 1. The number of aromatic nitrogens is 1. The minimum Gasteiger partial charge on any atom is -0.367 e. The van der Waals surface area contributed by atoms with Crippen LogP contribution in [0.3, 0.4) is 0 Å². The molecule has 3 rings (SSSR count). The highest BCUT2D eigenvalue weighted by Crippen LogP contribution is 2.23. The summed E-state index contributed by atoms with van der Waals surface area (Å²) in [5.41, 5.74) is 6.71. The van der Waals surface area contributed by atoms with E-state index in [1.54, 1.807) is 18.5 Å². The fraction of sp³-hybridized carbons (Fsp3) is 0.429. The predicted octanol–water partition coefficient (Wildman–Crippen LogP) is 2.78. The van der Waals surface area contributed by atoms with E-state index in [2.05, 4.69) is 38.7 Å². The Bertz CT molecular complexity index is 790. The SMILES string of the molecule is Cc1cc(C)c(C)c(CC(=O)N2CCN(C(=O)c3cc[nH]c3)CC2)c1C. The van der Waals surface area contributed by atoms with E-state index < -0.39 is 0 Å². The third-order valence-electron chi connectivity index (χ3n) is 5.61. The molecule has 5 nitrogen and oxygen atoms in total. The lowest BCUT2D eigenvalue weighted by Crippen LogP contribution is -2.51. The van der Waals surface area contributed by atoms with Crippen molar-refractivity contribution in [3.05, 3.63) is 57.9 Å². The van der Waals surface area contributed by atoms with Crippen molar-refractivity contribution in [3.63, 3.8) is 0 Å². The minimum absolute atomic E-state index is 0.0272.